The number of thiocarbonyl (C=S) groups is 1. The van der Waals surface area contributed by atoms with E-state index in [-0.39, 0.29) is 18.0 Å². The molecule has 2 aromatic heterocycles. The van der Waals surface area contributed by atoms with E-state index in [0.29, 0.717) is 18.1 Å². The van der Waals surface area contributed by atoms with E-state index < -0.39 is 0 Å². The third-order valence-corrected chi connectivity index (χ3v) is 7.01. The normalized spacial score (nSPS) is 18.3. The Bertz CT molecular complexity index is 1060. The minimum absolute atomic E-state index is 0.0181. The molecule has 2 unspecified atom stereocenters. The van der Waals surface area contributed by atoms with Gasteiger partial charge in [-0.1, -0.05) is 18.2 Å². The number of benzene rings is 1. The van der Waals surface area contributed by atoms with Gasteiger partial charge in [-0.2, -0.15) is 0 Å². The second-order valence-corrected chi connectivity index (χ2v) is 10.0. The summed E-state index contributed by atoms with van der Waals surface area (Å²) in [6.07, 6.45) is 2.13. The van der Waals surface area contributed by atoms with Crippen LogP contribution in [0.5, 0.6) is 0 Å². The molecule has 0 spiro atoms. The van der Waals surface area contributed by atoms with Gasteiger partial charge in [-0.15, -0.1) is 11.3 Å². The molecule has 154 valence electrons. The van der Waals surface area contributed by atoms with Crippen LogP contribution in [0.1, 0.15) is 34.6 Å². The highest BCUT2D eigenvalue weighted by Crippen LogP contribution is 2.42. The van der Waals surface area contributed by atoms with Crippen LogP contribution in [0.25, 0.3) is 0 Å². The fraction of sp³-hybridized carbons (Fsp3) is 0.227. The van der Waals surface area contributed by atoms with Crippen LogP contribution in [0.2, 0.25) is 0 Å². The number of pyridine rings is 1. The Morgan fingerprint density at radius 2 is 2.13 bits per heavy atom. The molecule has 1 aliphatic heterocycles. The number of rotatable bonds is 6. The van der Waals surface area contributed by atoms with Crippen molar-refractivity contribution in [3.8, 4) is 0 Å². The maximum atomic E-state index is 12.6. The van der Waals surface area contributed by atoms with Gasteiger partial charge < -0.3 is 15.5 Å². The van der Waals surface area contributed by atoms with Crippen molar-refractivity contribution in [2.45, 2.75) is 25.4 Å². The second kappa shape index (κ2) is 9.24. The summed E-state index contributed by atoms with van der Waals surface area (Å²) in [6.45, 7) is 2.53. The molecule has 1 fully saturated rings. The molecule has 0 saturated carbocycles. The number of nitrogens with zero attached hydrogens (tertiary/aromatic N) is 2. The van der Waals surface area contributed by atoms with E-state index in [4.69, 9.17) is 12.2 Å². The molecule has 30 heavy (non-hydrogen) atoms. The van der Waals surface area contributed by atoms with Crippen molar-refractivity contribution in [1.82, 2.24) is 15.2 Å². The maximum absolute atomic E-state index is 12.6. The third kappa shape index (κ3) is 4.71. The van der Waals surface area contributed by atoms with Crippen LogP contribution in [0.15, 0.2) is 64.6 Å². The summed E-state index contributed by atoms with van der Waals surface area (Å²) >= 11 is 10.9. The smallest absolute Gasteiger partial charge is 0.226 e. The van der Waals surface area contributed by atoms with Crippen LogP contribution in [-0.2, 0) is 4.79 Å². The number of hydrogen-bond acceptors (Lipinski definition) is 4. The van der Waals surface area contributed by atoms with Gasteiger partial charge in [-0.25, -0.2) is 0 Å². The molecule has 0 radical (unpaired) electrons. The van der Waals surface area contributed by atoms with Crippen molar-refractivity contribution in [2.24, 2.45) is 0 Å². The zero-order valence-corrected chi connectivity index (χ0v) is 19.6. The van der Waals surface area contributed by atoms with E-state index >= 15 is 0 Å². The van der Waals surface area contributed by atoms with Gasteiger partial charge in [0.1, 0.15) is 0 Å². The number of halogens is 1. The topological polar surface area (TPSA) is 57.3 Å². The Kier molecular flexibility index (Phi) is 6.46. The lowest BCUT2D eigenvalue weighted by atomic mass is 10.0. The number of aromatic nitrogens is 1. The Hall–Kier alpha value is -2.29. The van der Waals surface area contributed by atoms with Crippen LogP contribution < -0.4 is 10.6 Å². The highest BCUT2D eigenvalue weighted by Gasteiger charge is 2.40. The largest absolute Gasteiger partial charge is 0.352 e. The van der Waals surface area contributed by atoms with E-state index in [1.54, 1.807) is 17.5 Å². The molecule has 5 nitrogen and oxygen atoms in total. The summed E-state index contributed by atoms with van der Waals surface area (Å²) in [5.74, 6) is -0.0317. The standard InChI is InChI=1S/C22H21BrN4OS2/c1-14-5-4-6-15(13-14)25-19(28)10-12-27-21(17-8-9-18(23)30-17)20(26-22(27)29)16-7-2-3-11-24-16/h2-9,11,13,20-21H,10,12H2,1H3,(H,25,28)(H,26,29). The van der Waals surface area contributed by atoms with Crippen molar-refractivity contribution in [3.05, 3.63) is 80.7 Å². The van der Waals surface area contributed by atoms with Gasteiger partial charge in [-0.3, -0.25) is 9.78 Å². The van der Waals surface area contributed by atoms with E-state index in [0.717, 1.165) is 20.7 Å². The Labute approximate surface area is 193 Å². The predicted molar refractivity (Wildman–Crippen MR) is 129 cm³/mol. The number of amides is 1. The van der Waals surface area contributed by atoms with Gasteiger partial charge in [0.2, 0.25) is 5.91 Å². The molecule has 1 aromatic carbocycles. The van der Waals surface area contributed by atoms with E-state index in [9.17, 15) is 4.79 Å². The Morgan fingerprint density at radius 1 is 1.27 bits per heavy atom. The zero-order valence-electron chi connectivity index (χ0n) is 16.3. The third-order valence-electron chi connectivity index (χ3n) is 4.96. The first kappa shape index (κ1) is 21.0. The highest BCUT2D eigenvalue weighted by atomic mass is 79.9. The van der Waals surface area contributed by atoms with Crippen LogP contribution in [-0.4, -0.2) is 27.4 Å². The van der Waals surface area contributed by atoms with Crippen LogP contribution in [0.4, 0.5) is 5.69 Å². The summed E-state index contributed by atoms with van der Waals surface area (Å²) in [6, 6.07) is 17.7. The minimum Gasteiger partial charge on any atom is -0.352 e. The molecule has 0 aliphatic carbocycles. The SMILES string of the molecule is Cc1cccc(NC(=O)CCN2C(=S)NC(c3ccccn3)C2c2ccc(Br)s2)c1. The van der Waals surface area contributed by atoms with Gasteiger partial charge in [0.15, 0.2) is 5.11 Å². The van der Waals surface area contributed by atoms with Crippen molar-refractivity contribution in [2.75, 3.05) is 11.9 Å². The highest BCUT2D eigenvalue weighted by molar-refractivity contribution is 9.11. The number of carbonyl (C=O) groups is 1. The first-order valence-electron chi connectivity index (χ1n) is 9.61. The lowest BCUT2D eigenvalue weighted by Gasteiger charge is -2.26. The lowest BCUT2D eigenvalue weighted by molar-refractivity contribution is -0.116. The number of thiophene rings is 1. The summed E-state index contributed by atoms with van der Waals surface area (Å²) in [7, 11) is 0. The summed E-state index contributed by atoms with van der Waals surface area (Å²) in [5.41, 5.74) is 2.85. The minimum atomic E-state index is -0.0657. The van der Waals surface area contributed by atoms with Gasteiger partial charge in [0, 0.05) is 29.7 Å². The van der Waals surface area contributed by atoms with Gasteiger partial charge in [-0.05, 0) is 77.0 Å². The molecule has 1 aliphatic rings. The van der Waals surface area contributed by atoms with Crippen molar-refractivity contribution in [3.63, 3.8) is 0 Å². The van der Waals surface area contributed by atoms with Crippen LogP contribution in [0.3, 0.4) is 0 Å². The van der Waals surface area contributed by atoms with Gasteiger partial charge in [0.25, 0.3) is 0 Å². The number of carbonyl (C=O) groups excluding carboxylic acids is 1. The molecule has 2 atom stereocenters. The van der Waals surface area contributed by atoms with Crippen molar-refractivity contribution < 1.29 is 4.79 Å². The Balaban J connectivity index is 1.51. The molecule has 3 aromatic rings. The molecular formula is C22H21BrN4OS2. The lowest BCUT2D eigenvalue weighted by Crippen LogP contribution is -2.32. The Morgan fingerprint density at radius 3 is 2.83 bits per heavy atom. The van der Waals surface area contributed by atoms with Crippen molar-refractivity contribution >= 4 is 56.2 Å². The first-order valence-corrected chi connectivity index (χ1v) is 11.6. The number of aryl methyl sites for hydroxylation is 1. The summed E-state index contributed by atoms with van der Waals surface area (Å²) in [4.78, 5) is 20.4. The average molecular weight is 501 g/mol. The second-order valence-electron chi connectivity index (χ2n) is 7.13. The molecule has 3 heterocycles. The van der Waals surface area contributed by atoms with Crippen LogP contribution >= 0.6 is 39.5 Å². The summed E-state index contributed by atoms with van der Waals surface area (Å²) < 4.78 is 1.06. The first-order chi connectivity index (χ1) is 14.5. The van der Waals surface area contributed by atoms with E-state index in [2.05, 4.69) is 42.5 Å². The average Bonchev–Trinajstić information content (AvgIpc) is 3.30. The summed E-state index contributed by atoms with van der Waals surface area (Å²) in [5, 5.41) is 7.03. The number of nitrogens with one attached hydrogen (secondary N) is 2. The monoisotopic (exact) mass is 500 g/mol. The zero-order chi connectivity index (χ0) is 21.1. The fourth-order valence-corrected chi connectivity index (χ4v) is 5.52. The van der Waals surface area contributed by atoms with Crippen LogP contribution in [0, 0.1) is 6.92 Å². The maximum Gasteiger partial charge on any atom is 0.226 e. The van der Waals surface area contributed by atoms with Gasteiger partial charge in [0.05, 0.1) is 21.6 Å². The number of anilines is 1. The molecule has 0 bridgehead atoms. The van der Waals surface area contributed by atoms with Crippen molar-refractivity contribution in [1.29, 1.82) is 0 Å². The molecule has 4 rings (SSSR count). The molecule has 1 amide bonds. The molecule has 8 heteroatoms. The predicted octanol–water partition coefficient (Wildman–Crippen LogP) is 5.22. The van der Waals surface area contributed by atoms with E-state index in [1.165, 1.54) is 4.88 Å². The van der Waals surface area contributed by atoms with E-state index in [1.807, 2.05) is 55.5 Å². The molecule has 2 N–H and O–H groups in total. The quantitative estimate of drug-likeness (QED) is 0.454. The fourth-order valence-electron chi connectivity index (χ4n) is 3.61. The van der Waals surface area contributed by atoms with Gasteiger partial charge >= 0.3 is 0 Å². The molecule has 1 saturated heterocycles. The number of hydrogen-bond donors (Lipinski definition) is 2. The molecular weight excluding hydrogens is 480 g/mol.